The molecule has 0 aliphatic carbocycles. The van der Waals surface area contributed by atoms with Gasteiger partial charge in [0.1, 0.15) is 23.0 Å². The average molecular weight is 431 g/mol. The zero-order valence-corrected chi connectivity index (χ0v) is 17.3. The lowest BCUT2D eigenvalue weighted by molar-refractivity contribution is -0.119. The van der Waals surface area contributed by atoms with Gasteiger partial charge in [-0.05, 0) is 32.0 Å². The Morgan fingerprint density at radius 1 is 1.19 bits per heavy atom. The van der Waals surface area contributed by atoms with Crippen molar-refractivity contribution < 1.29 is 14.0 Å². The van der Waals surface area contributed by atoms with Gasteiger partial charge in [-0.15, -0.1) is 0 Å². The second kappa shape index (κ2) is 6.91. The van der Waals surface area contributed by atoms with Gasteiger partial charge in [0, 0.05) is 17.3 Å². The van der Waals surface area contributed by atoms with Gasteiger partial charge in [0.25, 0.3) is 5.91 Å². The van der Waals surface area contributed by atoms with Crippen LogP contribution in [0, 0.1) is 5.82 Å². The molecule has 160 valence electrons. The molecule has 0 spiro atoms. The molecule has 2 amide bonds. The summed E-state index contributed by atoms with van der Waals surface area (Å²) in [7, 11) is 0. The maximum Gasteiger partial charge on any atom is 0.267 e. The molecule has 0 unspecified atom stereocenters. The highest BCUT2D eigenvalue weighted by atomic mass is 19.1. The predicted octanol–water partition coefficient (Wildman–Crippen LogP) is 2.40. The Kier molecular flexibility index (Phi) is 4.26. The van der Waals surface area contributed by atoms with Crippen molar-refractivity contribution in [3.8, 4) is 11.5 Å². The van der Waals surface area contributed by atoms with E-state index in [1.807, 2.05) is 0 Å². The molecule has 0 saturated heterocycles. The third-order valence-electron chi connectivity index (χ3n) is 5.56. The van der Waals surface area contributed by atoms with Gasteiger partial charge in [0.15, 0.2) is 11.5 Å². The highest BCUT2D eigenvalue weighted by Gasteiger charge is 2.43. The van der Waals surface area contributed by atoms with Crippen LogP contribution in [0.2, 0.25) is 0 Å². The monoisotopic (exact) mass is 431 g/mol. The fourth-order valence-electron chi connectivity index (χ4n) is 3.88. The van der Waals surface area contributed by atoms with Crippen LogP contribution in [-0.2, 0) is 16.8 Å². The third-order valence-corrected chi connectivity index (χ3v) is 5.56. The van der Waals surface area contributed by atoms with Gasteiger partial charge in [-0.3, -0.25) is 9.59 Å². The van der Waals surface area contributed by atoms with Gasteiger partial charge < -0.3 is 11.1 Å². The zero-order valence-electron chi connectivity index (χ0n) is 17.3. The Bertz CT molecular complexity index is 1430. The number of pyridine rings is 1. The third kappa shape index (κ3) is 2.91. The number of carbonyl (C=O) groups is 2. The van der Waals surface area contributed by atoms with Crippen LogP contribution in [-0.4, -0.2) is 36.5 Å². The number of rotatable bonds is 4. The van der Waals surface area contributed by atoms with E-state index in [1.165, 1.54) is 6.07 Å². The summed E-state index contributed by atoms with van der Waals surface area (Å²) in [4.78, 5) is 37.9. The van der Waals surface area contributed by atoms with E-state index in [0.717, 1.165) is 0 Å². The van der Waals surface area contributed by atoms with Gasteiger partial charge in [-0.1, -0.05) is 18.2 Å². The largest absolute Gasteiger partial charge is 0.364 e. The minimum Gasteiger partial charge on any atom is -0.364 e. The number of amides is 2. The molecule has 4 heterocycles. The first kappa shape index (κ1) is 19.7. The number of nitrogens with one attached hydrogen (secondary N) is 1. The zero-order chi connectivity index (χ0) is 22.6. The van der Waals surface area contributed by atoms with Crippen LogP contribution in [0.3, 0.4) is 0 Å². The maximum atomic E-state index is 14.2. The van der Waals surface area contributed by atoms with Crippen molar-refractivity contribution in [1.29, 1.82) is 0 Å². The predicted molar refractivity (Wildman–Crippen MR) is 114 cm³/mol. The SMILES string of the molecule is CC1(C)C(=O)Nc2nc(-c3nn(Cc4ccccc4F)c4ncccc34)nc(C(N)=O)c21. The molecule has 0 atom stereocenters. The number of benzene rings is 1. The highest BCUT2D eigenvalue weighted by Crippen LogP contribution is 2.39. The fraction of sp³-hybridized carbons (Fsp3) is 0.182. The van der Waals surface area contributed by atoms with E-state index in [1.54, 1.807) is 55.1 Å². The molecular formula is C22H18FN7O2. The molecule has 1 aliphatic rings. The molecule has 9 nitrogen and oxygen atoms in total. The number of hydrogen-bond donors (Lipinski definition) is 2. The first-order valence-corrected chi connectivity index (χ1v) is 9.86. The van der Waals surface area contributed by atoms with Crippen molar-refractivity contribution >= 4 is 28.7 Å². The van der Waals surface area contributed by atoms with E-state index in [9.17, 15) is 14.0 Å². The molecule has 5 rings (SSSR count). The van der Waals surface area contributed by atoms with E-state index in [0.29, 0.717) is 27.9 Å². The Labute approximate surface area is 181 Å². The van der Waals surface area contributed by atoms with Crippen LogP contribution >= 0.6 is 0 Å². The van der Waals surface area contributed by atoms with Gasteiger partial charge in [0.05, 0.1) is 17.3 Å². The summed E-state index contributed by atoms with van der Waals surface area (Å²) in [5.41, 5.74) is 6.17. The number of nitrogens with zero attached hydrogens (tertiary/aromatic N) is 5. The fourth-order valence-corrected chi connectivity index (χ4v) is 3.88. The molecule has 1 aromatic carbocycles. The molecule has 4 aromatic rings. The second-order valence-electron chi connectivity index (χ2n) is 8.04. The molecule has 32 heavy (non-hydrogen) atoms. The van der Waals surface area contributed by atoms with E-state index in [2.05, 4.69) is 25.4 Å². The smallest absolute Gasteiger partial charge is 0.267 e. The van der Waals surface area contributed by atoms with E-state index in [-0.39, 0.29) is 35.6 Å². The Balaban J connectivity index is 1.71. The minimum absolute atomic E-state index is 0.0472. The lowest BCUT2D eigenvalue weighted by Gasteiger charge is -2.16. The molecular weight excluding hydrogens is 413 g/mol. The van der Waals surface area contributed by atoms with Gasteiger partial charge in [-0.25, -0.2) is 24.0 Å². The molecule has 3 N–H and O–H groups in total. The molecule has 0 bridgehead atoms. The molecule has 0 fully saturated rings. The summed E-state index contributed by atoms with van der Waals surface area (Å²) in [5.74, 6) is -1.11. The van der Waals surface area contributed by atoms with E-state index >= 15 is 0 Å². The second-order valence-corrected chi connectivity index (χ2v) is 8.04. The molecule has 1 aliphatic heterocycles. The molecule has 3 aromatic heterocycles. The van der Waals surface area contributed by atoms with Crippen LogP contribution in [0.15, 0.2) is 42.6 Å². The summed E-state index contributed by atoms with van der Waals surface area (Å²) in [6.45, 7) is 3.48. The summed E-state index contributed by atoms with van der Waals surface area (Å²) < 4.78 is 15.8. The summed E-state index contributed by atoms with van der Waals surface area (Å²) in [6, 6.07) is 9.91. The number of anilines is 1. The van der Waals surface area contributed by atoms with Crippen LogP contribution in [0.4, 0.5) is 10.2 Å². The Hall–Kier alpha value is -4.21. The summed E-state index contributed by atoms with van der Waals surface area (Å²) in [5, 5.41) is 7.89. The van der Waals surface area contributed by atoms with Crippen LogP contribution in [0.5, 0.6) is 0 Å². The van der Waals surface area contributed by atoms with Crippen molar-refractivity contribution in [2.24, 2.45) is 5.73 Å². The van der Waals surface area contributed by atoms with Gasteiger partial charge in [0.2, 0.25) is 5.91 Å². The van der Waals surface area contributed by atoms with Gasteiger partial charge >= 0.3 is 0 Å². The van der Waals surface area contributed by atoms with E-state index in [4.69, 9.17) is 5.73 Å². The first-order valence-electron chi connectivity index (χ1n) is 9.86. The first-order chi connectivity index (χ1) is 15.3. The standard InChI is InChI=1S/C22H18FN7O2/c1-22(2)14-16(17(24)31)26-19(27-18(14)28-21(22)32)15-12-7-5-9-25-20(12)30(29-15)10-11-6-3-4-8-13(11)23/h3-9H,10H2,1-2H3,(H2,24,31)(H,26,27,28,32). The van der Waals surface area contributed by atoms with Crippen LogP contribution in [0.1, 0.15) is 35.5 Å². The summed E-state index contributed by atoms with van der Waals surface area (Å²) >= 11 is 0. The lowest BCUT2D eigenvalue weighted by atomic mass is 9.85. The molecule has 10 heteroatoms. The summed E-state index contributed by atoms with van der Waals surface area (Å²) in [6.07, 6.45) is 1.60. The number of fused-ring (bicyclic) bond motifs is 2. The minimum atomic E-state index is -1.01. The number of aromatic nitrogens is 5. The maximum absolute atomic E-state index is 14.2. The van der Waals surface area contributed by atoms with Crippen molar-refractivity contribution in [3.63, 3.8) is 0 Å². The van der Waals surface area contributed by atoms with E-state index < -0.39 is 11.3 Å². The van der Waals surface area contributed by atoms with Crippen LogP contribution in [0.25, 0.3) is 22.6 Å². The van der Waals surface area contributed by atoms with Crippen LogP contribution < -0.4 is 11.1 Å². The lowest BCUT2D eigenvalue weighted by Crippen LogP contribution is -2.29. The van der Waals surface area contributed by atoms with Crippen molar-refractivity contribution in [1.82, 2.24) is 24.7 Å². The number of primary amides is 1. The molecule has 0 radical (unpaired) electrons. The van der Waals surface area contributed by atoms with Crippen molar-refractivity contribution in [2.75, 3.05) is 5.32 Å². The van der Waals surface area contributed by atoms with Crippen molar-refractivity contribution in [2.45, 2.75) is 25.8 Å². The Morgan fingerprint density at radius 3 is 2.72 bits per heavy atom. The number of carbonyl (C=O) groups excluding carboxylic acids is 2. The number of nitrogens with two attached hydrogens (primary N) is 1. The Morgan fingerprint density at radius 2 is 1.97 bits per heavy atom. The average Bonchev–Trinajstić information content (AvgIpc) is 3.23. The van der Waals surface area contributed by atoms with Crippen molar-refractivity contribution in [3.05, 3.63) is 65.2 Å². The normalized spacial score (nSPS) is 14.4. The number of hydrogen-bond acceptors (Lipinski definition) is 6. The topological polar surface area (TPSA) is 129 Å². The number of halogens is 1. The molecule has 0 saturated carbocycles. The van der Waals surface area contributed by atoms with Gasteiger partial charge in [-0.2, -0.15) is 5.10 Å². The quantitative estimate of drug-likeness (QED) is 0.511. The highest BCUT2D eigenvalue weighted by molar-refractivity contribution is 6.09.